The van der Waals surface area contributed by atoms with Crippen molar-refractivity contribution >= 4 is 15.9 Å². The molecule has 1 aromatic carbocycles. The molecule has 7 heteroatoms. The van der Waals surface area contributed by atoms with Crippen molar-refractivity contribution in [1.29, 1.82) is 0 Å². The van der Waals surface area contributed by atoms with Crippen LogP contribution in [0.15, 0.2) is 29.2 Å². The minimum absolute atomic E-state index is 0.0980. The van der Waals surface area contributed by atoms with Gasteiger partial charge in [0.15, 0.2) is 0 Å². The second-order valence-corrected chi connectivity index (χ2v) is 8.98. The molecular formula is C17H26N2O4S. The van der Waals surface area contributed by atoms with Crippen LogP contribution in [-0.4, -0.2) is 49.6 Å². The molecule has 2 rings (SSSR count). The van der Waals surface area contributed by atoms with Gasteiger partial charge in [0, 0.05) is 30.8 Å². The smallest absolute Gasteiger partial charge is 0.253 e. The number of hydrogen-bond acceptors (Lipinski definition) is 4. The highest BCUT2D eigenvalue weighted by atomic mass is 32.2. The Hall–Kier alpha value is -1.44. The first kappa shape index (κ1) is 18.9. The molecule has 0 bridgehead atoms. The Balaban J connectivity index is 2.08. The number of rotatable bonds is 4. The third-order valence-electron chi connectivity index (χ3n) is 4.01. The first-order valence-electron chi connectivity index (χ1n) is 8.16. The molecule has 1 saturated heterocycles. The summed E-state index contributed by atoms with van der Waals surface area (Å²) in [6, 6.07) is 6.03. The van der Waals surface area contributed by atoms with E-state index in [4.69, 9.17) is 5.11 Å². The first-order chi connectivity index (χ1) is 11.1. The largest absolute Gasteiger partial charge is 0.396 e. The van der Waals surface area contributed by atoms with Crippen molar-refractivity contribution in [2.75, 3.05) is 19.7 Å². The van der Waals surface area contributed by atoms with Crippen LogP contribution in [0.3, 0.4) is 0 Å². The minimum Gasteiger partial charge on any atom is -0.396 e. The molecule has 1 amide bonds. The van der Waals surface area contributed by atoms with Crippen LogP contribution in [-0.2, 0) is 10.0 Å². The number of nitrogens with one attached hydrogen (secondary N) is 1. The van der Waals surface area contributed by atoms with Gasteiger partial charge in [-0.1, -0.05) is 0 Å². The molecule has 0 saturated carbocycles. The van der Waals surface area contributed by atoms with Gasteiger partial charge < -0.3 is 10.0 Å². The summed E-state index contributed by atoms with van der Waals surface area (Å²) < 4.78 is 27.1. The fourth-order valence-corrected chi connectivity index (χ4v) is 4.16. The highest BCUT2D eigenvalue weighted by Crippen LogP contribution is 2.20. The van der Waals surface area contributed by atoms with E-state index in [1.165, 1.54) is 12.1 Å². The topological polar surface area (TPSA) is 86.7 Å². The predicted octanol–water partition coefficient (Wildman–Crippen LogP) is 1.61. The summed E-state index contributed by atoms with van der Waals surface area (Å²) >= 11 is 0. The Kier molecular flexibility index (Phi) is 5.67. The maximum absolute atomic E-state index is 12.5. The summed E-state index contributed by atoms with van der Waals surface area (Å²) in [5.41, 5.74) is -0.0863. The molecule has 1 aliphatic rings. The molecule has 0 radical (unpaired) electrons. The molecule has 1 aromatic rings. The number of sulfonamides is 1. The lowest BCUT2D eigenvalue weighted by molar-refractivity contribution is 0.0651. The molecule has 134 valence electrons. The van der Waals surface area contributed by atoms with Crippen LogP contribution in [0, 0.1) is 5.92 Å². The number of piperidine rings is 1. The maximum atomic E-state index is 12.5. The van der Waals surface area contributed by atoms with E-state index in [-0.39, 0.29) is 23.3 Å². The van der Waals surface area contributed by atoms with Crippen LogP contribution in [0.4, 0.5) is 0 Å². The quantitative estimate of drug-likeness (QED) is 0.860. The average Bonchev–Trinajstić information content (AvgIpc) is 2.52. The van der Waals surface area contributed by atoms with Crippen molar-refractivity contribution in [3.63, 3.8) is 0 Å². The van der Waals surface area contributed by atoms with Crippen LogP contribution >= 0.6 is 0 Å². The molecule has 0 spiro atoms. The Bertz CT molecular complexity index is 670. The van der Waals surface area contributed by atoms with E-state index in [0.717, 1.165) is 12.8 Å². The monoisotopic (exact) mass is 354 g/mol. The summed E-state index contributed by atoms with van der Waals surface area (Å²) in [5, 5.41) is 9.15. The van der Waals surface area contributed by atoms with Gasteiger partial charge in [-0.2, -0.15) is 0 Å². The summed E-state index contributed by atoms with van der Waals surface area (Å²) in [4.78, 5) is 14.4. The van der Waals surface area contributed by atoms with E-state index in [1.807, 2.05) is 0 Å². The van der Waals surface area contributed by atoms with E-state index in [9.17, 15) is 13.2 Å². The Morgan fingerprint density at radius 2 is 1.75 bits per heavy atom. The van der Waals surface area contributed by atoms with E-state index >= 15 is 0 Å². The molecule has 6 nitrogen and oxygen atoms in total. The zero-order valence-corrected chi connectivity index (χ0v) is 15.3. The number of amides is 1. The standard InChI is InChI=1S/C17H26N2O4S/c1-17(2,3)18-24(22,23)15-6-4-14(5-7-15)16(21)19-10-8-13(12-20)9-11-19/h4-7,13,18,20H,8-12H2,1-3H3. The van der Waals surface area contributed by atoms with Gasteiger partial charge in [0.25, 0.3) is 5.91 Å². The molecule has 0 atom stereocenters. The van der Waals surface area contributed by atoms with E-state index < -0.39 is 15.6 Å². The molecule has 0 aliphatic carbocycles. The van der Waals surface area contributed by atoms with Gasteiger partial charge in [0.1, 0.15) is 0 Å². The van der Waals surface area contributed by atoms with Crippen molar-refractivity contribution in [3.05, 3.63) is 29.8 Å². The summed E-state index contributed by atoms with van der Waals surface area (Å²) in [6.07, 6.45) is 1.59. The lowest BCUT2D eigenvalue weighted by Gasteiger charge is -2.31. The molecule has 0 aromatic heterocycles. The maximum Gasteiger partial charge on any atom is 0.253 e. The van der Waals surface area contributed by atoms with Crippen LogP contribution in [0.25, 0.3) is 0 Å². The van der Waals surface area contributed by atoms with Gasteiger partial charge in [-0.15, -0.1) is 0 Å². The lowest BCUT2D eigenvalue weighted by Crippen LogP contribution is -2.40. The summed E-state index contributed by atoms with van der Waals surface area (Å²) in [6.45, 7) is 6.73. The van der Waals surface area contributed by atoms with Crippen molar-refractivity contribution < 1.29 is 18.3 Å². The summed E-state index contributed by atoms with van der Waals surface area (Å²) in [7, 11) is -3.60. The zero-order chi connectivity index (χ0) is 18.0. The number of aliphatic hydroxyl groups is 1. The zero-order valence-electron chi connectivity index (χ0n) is 14.4. The van der Waals surface area contributed by atoms with Crippen LogP contribution in [0.2, 0.25) is 0 Å². The third-order valence-corrected chi connectivity index (χ3v) is 5.79. The molecule has 2 N–H and O–H groups in total. The highest BCUT2D eigenvalue weighted by Gasteiger charge is 2.25. The predicted molar refractivity (Wildman–Crippen MR) is 92.2 cm³/mol. The molecule has 1 fully saturated rings. The van der Waals surface area contributed by atoms with Crippen LogP contribution in [0.5, 0.6) is 0 Å². The number of hydrogen-bond donors (Lipinski definition) is 2. The first-order valence-corrected chi connectivity index (χ1v) is 9.65. The fourth-order valence-electron chi connectivity index (χ4n) is 2.74. The van der Waals surface area contributed by atoms with Crippen molar-refractivity contribution in [3.8, 4) is 0 Å². The van der Waals surface area contributed by atoms with Gasteiger partial charge in [-0.05, 0) is 63.8 Å². The molecule has 24 heavy (non-hydrogen) atoms. The van der Waals surface area contributed by atoms with Crippen LogP contribution < -0.4 is 4.72 Å². The van der Waals surface area contributed by atoms with Crippen LogP contribution in [0.1, 0.15) is 44.0 Å². The van der Waals surface area contributed by atoms with Gasteiger partial charge in [0.2, 0.25) is 10.0 Å². The SMILES string of the molecule is CC(C)(C)NS(=O)(=O)c1ccc(C(=O)N2CCC(CO)CC2)cc1. The third kappa shape index (κ3) is 4.78. The fraction of sp³-hybridized carbons (Fsp3) is 0.588. The second kappa shape index (κ2) is 7.21. The number of carbonyl (C=O) groups is 1. The van der Waals surface area contributed by atoms with Crippen molar-refractivity contribution in [1.82, 2.24) is 9.62 Å². The van der Waals surface area contributed by atoms with Crippen molar-refractivity contribution in [2.24, 2.45) is 5.92 Å². The molecule has 1 aliphatic heterocycles. The molecular weight excluding hydrogens is 328 g/mol. The van der Waals surface area contributed by atoms with Gasteiger partial charge in [-0.25, -0.2) is 13.1 Å². The lowest BCUT2D eigenvalue weighted by atomic mass is 9.97. The Morgan fingerprint density at radius 1 is 1.21 bits per heavy atom. The highest BCUT2D eigenvalue weighted by molar-refractivity contribution is 7.89. The van der Waals surface area contributed by atoms with Gasteiger partial charge in [0.05, 0.1) is 4.90 Å². The Morgan fingerprint density at radius 3 is 2.21 bits per heavy atom. The average molecular weight is 354 g/mol. The number of carbonyl (C=O) groups excluding carboxylic acids is 1. The number of likely N-dealkylation sites (tertiary alicyclic amines) is 1. The van der Waals surface area contributed by atoms with Gasteiger partial charge in [-0.3, -0.25) is 4.79 Å². The Labute approximate surface area is 143 Å². The second-order valence-electron chi connectivity index (χ2n) is 7.30. The summed E-state index contributed by atoms with van der Waals surface area (Å²) in [5.74, 6) is 0.171. The van der Waals surface area contributed by atoms with E-state index in [2.05, 4.69) is 4.72 Å². The van der Waals surface area contributed by atoms with E-state index in [1.54, 1.807) is 37.8 Å². The minimum atomic E-state index is -3.60. The molecule has 0 unspecified atom stereocenters. The number of benzene rings is 1. The van der Waals surface area contributed by atoms with Crippen molar-refractivity contribution in [2.45, 2.75) is 44.0 Å². The normalized spacial score (nSPS) is 17.1. The van der Waals surface area contributed by atoms with E-state index in [0.29, 0.717) is 18.7 Å². The number of nitrogens with zero attached hydrogens (tertiary/aromatic N) is 1. The van der Waals surface area contributed by atoms with Gasteiger partial charge >= 0.3 is 0 Å². The number of aliphatic hydroxyl groups excluding tert-OH is 1. The molecule has 1 heterocycles.